The number of ketones is 1. The summed E-state index contributed by atoms with van der Waals surface area (Å²) in [6.45, 7) is 9.25. The smallest absolute Gasteiger partial charge is 0.305 e. The number of Topliss-reactive ketones (excluding diaryl/α,β-unsaturated/α-hetero) is 1. The predicted octanol–water partition coefficient (Wildman–Crippen LogP) is 7.00. The van der Waals surface area contributed by atoms with E-state index in [2.05, 4.69) is 51.8 Å². The van der Waals surface area contributed by atoms with E-state index in [1.165, 1.54) is 26.4 Å². The average molecular weight is 538 g/mol. The number of carbonyl (C=O) groups is 2. The molecule has 4 aliphatic rings. The summed E-state index contributed by atoms with van der Waals surface area (Å²) in [5.41, 5.74) is 0.753. The SMILES string of the molecule is CCCCCCc1cn([C@@H]2C(=O)[C@@]3(C)C(CCC3[C@H](C)CCC(=O)OC)C3[CH]C[C@@H]4C[CH]CC[C@]4(C)C32)nn1. The average Bonchev–Trinajstić information content (AvgIpc) is 3.55. The van der Waals surface area contributed by atoms with Crippen molar-refractivity contribution < 1.29 is 14.3 Å². The third kappa shape index (κ3) is 5.01. The Kier molecular flexibility index (Phi) is 8.60. The Morgan fingerprint density at radius 2 is 2.03 bits per heavy atom. The van der Waals surface area contributed by atoms with E-state index in [-0.39, 0.29) is 29.3 Å². The minimum absolute atomic E-state index is 0.137. The molecule has 4 aliphatic carbocycles. The number of unbranched alkanes of at least 4 members (excludes halogenated alkanes) is 3. The molecule has 4 saturated carbocycles. The highest BCUT2D eigenvalue weighted by molar-refractivity contribution is 5.90. The molecule has 0 saturated heterocycles. The Morgan fingerprint density at radius 1 is 1.21 bits per heavy atom. The van der Waals surface area contributed by atoms with Crippen molar-refractivity contribution in [2.24, 2.45) is 46.3 Å². The molecule has 4 fully saturated rings. The van der Waals surface area contributed by atoms with Crippen LogP contribution in [0.2, 0.25) is 0 Å². The van der Waals surface area contributed by atoms with Gasteiger partial charge >= 0.3 is 5.97 Å². The fourth-order valence-corrected chi connectivity index (χ4v) is 9.68. The molecule has 0 bridgehead atoms. The van der Waals surface area contributed by atoms with E-state index in [1.54, 1.807) is 0 Å². The summed E-state index contributed by atoms with van der Waals surface area (Å²) in [6.07, 6.45) is 20.9. The maximum atomic E-state index is 15.0. The fourth-order valence-electron chi connectivity index (χ4n) is 9.68. The van der Waals surface area contributed by atoms with Crippen LogP contribution < -0.4 is 0 Å². The largest absolute Gasteiger partial charge is 0.469 e. The van der Waals surface area contributed by atoms with Gasteiger partial charge in [-0.3, -0.25) is 9.59 Å². The second-order valence-corrected chi connectivity index (χ2v) is 13.8. The molecule has 2 radical (unpaired) electrons. The lowest BCUT2D eigenvalue weighted by Gasteiger charge is -2.62. The summed E-state index contributed by atoms with van der Waals surface area (Å²) in [7, 11) is 1.46. The van der Waals surface area contributed by atoms with Crippen molar-refractivity contribution in [3.63, 3.8) is 0 Å². The van der Waals surface area contributed by atoms with Gasteiger partial charge in [0, 0.05) is 18.0 Å². The molecule has 4 unspecified atom stereocenters. The van der Waals surface area contributed by atoms with E-state index >= 15 is 4.79 Å². The monoisotopic (exact) mass is 537 g/mol. The first-order valence-corrected chi connectivity index (χ1v) is 15.9. The van der Waals surface area contributed by atoms with E-state index in [0.717, 1.165) is 63.5 Å². The number of rotatable bonds is 10. The maximum Gasteiger partial charge on any atom is 0.305 e. The molecule has 1 aromatic rings. The van der Waals surface area contributed by atoms with Gasteiger partial charge < -0.3 is 4.74 Å². The van der Waals surface area contributed by atoms with Gasteiger partial charge in [-0.25, -0.2) is 4.68 Å². The van der Waals surface area contributed by atoms with Crippen LogP contribution in [0, 0.1) is 59.2 Å². The fraction of sp³-hybridized carbons (Fsp3) is 0.818. The van der Waals surface area contributed by atoms with Gasteiger partial charge in [-0.2, -0.15) is 0 Å². The Balaban J connectivity index is 1.49. The molecule has 39 heavy (non-hydrogen) atoms. The first-order chi connectivity index (χ1) is 18.8. The van der Waals surface area contributed by atoms with Crippen LogP contribution in [0.25, 0.3) is 0 Å². The summed E-state index contributed by atoms with van der Waals surface area (Å²) in [4.78, 5) is 27.0. The molecular weight excluding hydrogens is 486 g/mol. The zero-order valence-corrected chi connectivity index (χ0v) is 25.0. The maximum absolute atomic E-state index is 15.0. The summed E-state index contributed by atoms with van der Waals surface area (Å²) >= 11 is 0. The van der Waals surface area contributed by atoms with Crippen LogP contribution in [0.4, 0.5) is 0 Å². The molecule has 0 aliphatic heterocycles. The van der Waals surface area contributed by atoms with Crippen molar-refractivity contribution >= 4 is 11.8 Å². The van der Waals surface area contributed by atoms with E-state index in [4.69, 9.17) is 9.95 Å². The standard InChI is InChI=1S/C33H51N3O3/c1-6-7-8-9-13-24-21-36(35-34-24)30-29-25(16-15-23-12-10-11-20-32(23,29)3)27-18-17-26(33(27,4)31(30)38)22(2)14-19-28(37)39-5/h10,16,21-23,25-27,29-30H,6-9,11-15,17-20H2,1-5H3/t22-,23+,25?,26?,27?,29?,30+,32+,33-/m1/s1. The van der Waals surface area contributed by atoms with Gasteiger partial charge in [0.1, 0.15) is 6.04 Å². The van der Waals surface area contributed by atoms with Crippen molar-refractivity contribution in [1.82, 2.24) is 15.0 Å². The Bertz CT molecular complexity index is 1020. The number of hydrogen-bond acceptors (Lipinski definition) is 5. The molecule has 0 N–H and O–H groups in total. The number of fused-ring (bicyclic) bond motifs is 5. The molecule has 216 valence electrons. The quantitative estimate of drug-likeness (QED) is 0.237. The lowest BCUT2D eigenvalue weighted by molar-refractivity contribution is -0.162. The van der Waals surface area contributed by atoms with Crippen LogP contribution in [0.1, 0.15) is 116 Å². The van der Waals surface area contributed by atoms with E-state index in [0.29, 0.717) is 35.9 Å². The molecular formula is C33H51N3O3. The molecule has 1 aromatic heterocycles. The minimum Gasteiger partial charge on any atom is -0.469 e. The molecule has 0 spiro atoms. The van der Waals surface area contributed by atoms with Gasteiger partial charge in [0.2, 0.25) is 0 Å². The van der Waals surface area contributed by atoms with Crippen LogP contribution in [0.3, 0.4) is 0 Å². The first kappa shape index (κ1) is 28.8. The summed E-state index contributed by atoms with van der Waals surface area (Å²) < 4.78 is 6.94. The predicted molar refractivity (Wildman–Crippen MR) is 152 cm³/mol. The normalized spacial score (nSPS) is 38.5. The van der Waals surface area contributed by atoms with Crippen LogP contribution in [-0.4, -0.2) is 33.9 Å². The van der Waals surface area contributed by atoms with Crippen molar-refractivity contribution in [1.29, 1.82) is 0 Å². The zero-order chi connectivity index (χ0) is 27.8. The number of aromatic nitrogens is 3. The molecule has 9 atom stereocenters. The highest BCUT2D eigenvalue weighted by Crippen LogP contribution is 2.69. The van der Waals surface area contributed by atoms with Crippen molar-refractivity contribution in [2.75, 3.05) is 7.11 Å². The Hall–Kier alpha value is -1.72. The third-order valence-corrected chi connectivity index (χ3v) is 11.9. The minimum atomic E-state index is -0.408. The number of esters is 1. The van der Waals surface area contributed by atoms with Gasteiger partial charge in [0.05, 0.1) is 12.8 Å². The van der Waals surface area contributed by atoms with Crippen LogP contribution in [0.5, 0.6) is 0 Å². The highest BCUT2D eigenvalue weighted by Gasteiger charge is 2.67. The molecule has 0 aromatic carbocycles. The van der Waals surface area contributed by atoms with E-state index in [1.807, 2.05) is 4.68 Å². The summed E-state index contributed by atoms with van der Waals surface area (Å²) in [6, 6.07) is -0.260. The van der Waals surface area contributed by atoms with E-state index in [9.17, 15) is 4.79 Å². The number of aryl methyl sites for hydroxylation is 1. The van der Waals surface area contributed by atoms with Crippen molar-refractivity contribution in [3.05, 3.63) is 24.7 Å². The number of nitrogens with zero attached hydrogens (tertiary/aromatic N) is 3. The second-order valence-electron chi connectivity index (χ2n) is 13.8. The summed E-state index contributed by atoms with van der Waals surface area (Å²) in [5, 5.41) is 9.30. The van der Waals surface area contributed by atoms with Crippen LogP contribution in [-0.2, 0) is 20.7 Å². The van der Waals surface area contributed by atoms with E-state index < -0.39 is 5.41 Å². The lowest BCUT2D eigenvalue weighted by atomic mass is 9.43. The number of hydrogen-bond donors (Lipinski definition) is 0. The van der Waals surface area contributed by atoms with Gasteiger partial charge in [0.25, 0.3) is 0 Å². The van der Waals surface area contributed by atoms with Crippen LogP contribution in [0.15, 0.2) is 6.20 Å². The van der Waals surface area contributed by atoms with Crippen LogP contribution >= 0.6 is 0 Å². The number of carbonyl (C=O) groups excluding carboxylic acids is 2. The third-order valence-electron chi connectivity index (χ3n) is 11.9. The molecule has 6 nitrogen and oxygen atoms in total. The molecule has 1 heterocycles. The summed E-state index contributed by atoms with van der Waals surface area (Å²) in [5.74, 6) is 2.48. The van der Waals surface area contributed by atoms with Gasteiger partial charge in [-0.15, -0.1) is 5.10 Å². The highest BCUT2D eigenvalue weighted by atomic mass is 16.5. The van der Waals surface area contributed by atoms with Gasteiger partial charge in [0.15, 0.2) is 5.78 Å². The lowest BCUT2D eigenvalue weighted by Crippen LogP contribution is -2.61. The second kappa shape index (κ2) is 11.6. The molecule has 0 amide bonds. The first-order valence-electron chi connectivity index (χ1n) is 15.9. The number of ether oxygens (including phenoxy) is 1. The molecule has 5 rings (SSSR count). The zero-order valence-electron chi connectivity index (χ0n) is 25.0. The van der Waals surface area contributed by atoms with Gasteiger partial charge in [-0.1, -0.05) is 52.2 Å². The molecule has 6 heteroatoms. The number of methoxy groups -OCH3 is 1. The topological polar surface area (TPSA) is 74.1 Å². The van der Waals surface area contributed by atoms with Crippen molar-refractivity contribution in [2.45, 2.75) is 117 Å². The Morgan fingerprint density at radius 3 is 2.79 bits per heavy atom. The van der Waals surface area contributed by atoms with Gasteiger partial charge in [-0.05, 0) is 112 Å². The van der Waals surface area contributed by atoms with Crippen molar-refractivity contribution in [3.8, 4) is 0 Å². The Labute approximate surface area is 236 Å².